The number of alkyl halides is 3. The Kier molecular flexibility index (Phi) is 6.51. The largest absolute Gasteiger partial charge is 0.467 e. The van der Waals surface area contributed by atoms with Crippen LogP contribution in [0.2, 0.25) is 0 Å². The van der Waals surface area contributed by atoms with Crippen LogP contribution >= 0.6 is 0 Å². The van der Waals surface area contributed by atoms with Gasteiger partial charge in [-0.25, -0.2) is 13.4 Å². The fraction of sp³-hybridized carbons (Fsp3) is 0.474. The summed E-state index contributed by atoms with van der Waals surface area (Å²) in [4.78, 5) is 17.0. The topological polar surface area (TPSA) is 87.5 Å². The molecule has 30 heavy (non-hydrogen) atoms. The Morgan fingerprint density at radius 3 is 2.53 bits per heavy atom. The second-order valence-electron chi connectivity index (χ2n) is 7.12. The van der Waals surface area contributed by atoms with Gasteiger partial charge in [-0.15, -0.1) is 0 Å². The van der Waals surface area contributed by atoms with Crippen LogP contribution in [0.3, 0.4) is 0 Å². The van der Waals surface area contributed by atoms with Crippen LogP contribution in [-0.2, 0) is 27.3 Å². The van der Waals surface area contributed by atoms with Crippen LogP contribution in [0.4, 0.5) is 13.2 Å². The molecule has 2 aromatic rings. The lowest BCUT2D eigenvalue weighted by atomic mass is 10.0. The molecule has 0 bridgehead atoms. The molecule has 1 saturated heterocycles. The SMILES string of the molecule is COCOc1cc(C(F)(F)F)ccc1-c1cncn(CC2CCS(=O)(=O)CC2)c1=O. The number of halogens is 3. The van der Waals surface area contributed by atoms with E-state index in [0.717, 1.165) is 12.1 Å². The lowest BCUT2D eigenvalue weighted by molar-refractivity contribution is -0.137. The maximum Gasteiger partial charge on any atom is 0.416 e. The smallest absolute Gasteiger partial charge is 0.416 e. The predicted molar refractivity (Wildman–Crippen MR) is 103 cm³/mol. The molecule has 1 aliphatic rings. The summed E-state index contributed by atoms with van der Waals surface area (Å²) in [6.45, 7) is -0.0105. The van der Waals surface area contributed by atoms with Gasteiger partial charge in [0.05, 0.1) is 29.0 Å². The molecule has 0 saturated carbocycles. The van der Waals surface area contributed by atoms with Crippen molar-refractivity contribution >= 4 is 9.84 Å². The zero-order valence-corrected chi connectivity index (χ0v) is 17.0. The number of hydrogen-bond donors (Lipinski definition) is 0. The van der Waals surface area contributed by atoms with Gasteiger partial charge < -0.3 is 9.47 Å². The van der Waals surface area contributed by atoms with Crippen LogP contribution in [0.5, 0.6) is 5.75 Å². The molecule has 1 aliphatic heterocycles. The van der Waals surface area contributed by atoms with Crippen molar-refractivity contribution in [2.45, 2.75) is 25.6 Å². The lowest BCUT2D eigenvalue weighted by Gasteiger charge is -2.22. The zero-order valence-electron chi connectivity index (χ0n) is 16.2. The maximum absolute atomic E-state index is 13.1. The first-order chi connectivity index (χ1) is 14.1. The third kappa shape index (κ3) is 5.20. The standard InChI is InChI=1S/C19H21F3N2O5S/c1-28-12-29-17-8-14(19(20,21)22)2-3-15(17)16-9-23-11-24(18(16)25)10-13-4-6-30(26,27)7-5-13/h2-3,8-9,11,13H,4-7,10,12H2,1H3. The average molecular weight is 446 g/mol. The van der Waals surface area contributed by atoms with Crippen LogP contribution in [0.25, 0.3) is 11.1 Å². The van der Waals surface area contributed by atoms with Gasteiger partial charge in [0.2, 0.25) is 0 Å². The normalized spacial score (nSPS) is 17.1. The highest BCUT2D eigenvalue weighted by Gasteiger charge is 2.32. The van der Waals surface area contributed by atoms with E-state index < -0.39 is 27.1 Å². The summed E-state index contributed by atoms with van der Waals surface area (Å²) in [7, 11) is -1.70. The number of methoxy groups -OCH3 is 1. The molecule has 1 aromatic heterocycles. The van der Waals surface area contributed by atoms with Gasteiger partial charge in [-0.05, 0) is 37.0 Å². The number of sulfone groups is 1. The van der Waals surface area contributed by atoms with Gasteiger partial charge in [0.15, 0.2) is 6.79 Å². The number of ether oxygens (including phenoxy) is 2. The Bertz CT molecular complexity index is 1050. The summed E-state index contributed by atoms with van der Waals surface area (Å²) in [6, 6.07) is 2.86. The van der Waals surface area contributed by atoms with Crippen LogP contribution in [0.1, 0.15) is 18.4 Å². The van der Waals surface area contributed by atoms with Crippen molar-refractivity contribution in [3.05, 3.63) is 46.6 Å². The third-order valence-electron chi connectivity index (χ3n) is 4.96. The van der Waals surface area contributed by atoms with E-state index in [4.69, 9.17) is 9.47 Å². The van der Waals surface area contributed by atoms with E-state index in [-0.39, 0.29) is 47.6 Å². The Balaban J connectivity index is 1.94. The molecular weight excluding hydrogens is 425 g/mol. The highest BCUT2D eigenvalue weighted by Crippen LogP contribution is 2.36. The second-order valence-corrected chi connectivity index (χ2v) is 9.42. The first kappa shape index (κ1) is 22.3. The van der Waals surface area contributed by atoms with Crippen molar-refractivity contribution in [1.82, 2.24) is 9.55 Å². The zero-order chi connectivity index (χ0) is 21.9. The minimum atomic E-state index is -4.57. The Labute approximate surface area is 171 Å². The van der Waals surface area contributed by atoms with Crippen molar-refractivity contribution in [2.75, 3.05) is 25.4 Å². The minimum Gasteiger partial charge on any atom is -0.467 e. The Morgan fingerprint density at radius 1 is 1.20 bits per heavy atom. The van der Waals surface area contributed by atoms with Crippen LogP contribution in [0, 0.1) is 5.92 Å². The van der Waals surface area contributed by atoms with Crippen molar-refractivity contribution in [3.8, 4) is 16.9 Å². The van der Waals surface area contributed by atoms with Crippen molar-refractivity contribution in [2.24, 2.45) is 5.92 Å². The van der Waals surface area contributed by atoms with Gasteiger partial charge >= 0.3 is 6.18 Å². The van der Waals surface area contributed by atoms with Gasteiger partial charge in [0.1, 0.15) is 15.6 Å². The lowest BCUT2D eigenvalue weighted by Crippen LogP contribution is -2.30. The first-order valence-electron chi connectivity index (χ1n) is 9.19. The van der Waals surface area contributed by atoms with E-state index in [9.17, 15) is 26.4 Å². The van der Waals surface area contributed by atoms with Gasteiger partial charge in [-0.3, -0.25) is 9.36 Å². The monoisotopic (exact) mass is 446 g/mol. The van der Waals surface area contributed by atoms with Crippen molar-refractivity contribution in [3.63, 3.8) is 0 Å². The Morgan fingerprint density at radius 2 is 1.90 bits per heavy atom. The van der Waals surface area contributed by atoms with Gasteiger partial charge in [-0.1, -0.05) is 0 Å². The number of aromatic nitrogens is 2. The highest BCUT2D eigenvalue weighted by atomic mass is 32.2. The molecule has 0 atom stereocenters. The molecular formula is C19H21F3N2O5S. The van der Waals surface area contributed by atoms with Crippen LogP contribution in [-0.4, -0.2) is 43.4 Å². The Hall–Kier alpha value is -2.40. The van der Waals surface area contributed by atoms with E-state index in [1.54, 1.807) is 0 Å². The summed E-state index contributed by atoms with van der Waals surface area (Å²) in [5.74, 6) is 0.00753. The van der Waals surface area contributed by atoms with E-state index in [0.29, 0.717) is 12.8 Å². The predicted octanol–water partition coefficient (Wildman–Crippen LogP) is 2.74. The van der Waals surface area contributed by atoms with E-state index in [1.807, 2.05) is 0 Å². The summed E-state index contributed by atoms with van der Waals surface area (Å²) in [6.07, 6.45) is -1.07. The summed E-state index contributed by atoms with van der Waals surface area (Å²) >= 11 is 0. The molecule has 11 heteroatoms. The number of rotatable bonds is 6. The molecule has 0 unspecified atom stereocenters. The number of hydrogen-bond acceptors (Lipinski definition) is 6. The molecule has 2 heterocycles. The fourth-order valence-electron chi connectivity index (χ4n) is 3.33. The minimum absolute atomic E-state index is 0.0000854. The van der Waals surface area contributed by atoms with Crippen molar-refractivity contribution < 1.29 is 31.1 Å². The molecule has 1 aromatic carbocycles. The van der Waals surface area contributed by atoms with Gasteiger partial charge in [0, 0.05) is 25.4 Å². The molecule has 3 rings (SSSR count). The second kappa shape index (κ2) is 8.76. The third-order valence-corrected chi connectivity index (χ3v) is 6.68. The van der Waals surface area contributed by atoms with Crippen LogP contribution in [0.15, 0.2) is 35.5 Å². The summed E-state index contributed by atoms with van der Waals surface area (Å²) < 4.78 is 73.8. The maximum atomic E-state index is 13.1. The molecule has 164 valence electrons. The average Bonchev–Trinajstić information content (AvgIpc) is 2.69. The quantitative estimate of drug-likeness (QED) is 0.634. The molecule has 7 nitrogen and oxygen atoms in total. The molecule has 0 radical (unpaired) electrons. The first-order valence-corrected chi connectivity index (χ1v) is 11.0. The molecule has 0 amide bonds. The molecule has 0 spiro atoms. The fourth-order valence-corrected chi connectivity index (χ4v) is 4.92. The molecule has 1 fully saturated rings. The molecule has 0 aliphatic carbocycles. The van der Waals surface area contributed by atoms with Gasteiger partial charge in [0.25, 0.3) is 5.56 Å². The summed E-state index contributed by atoms with van der Waals surface area (Å²) in [5.41, 5.74) is -1.11. The number of nitrogens with zero attached hydrogens (tertiary/aromatic N) is 2. The number of benzene rings is 1. The van der Waals surface area contributed by atoms with Crippen molar-refractivity contribution in [1.29, 1.82) is 0 Å². The molecule has 0 N–H and O–H groups in total. The van der Waals surface area contributed by atoms with Crippen LogP contribution < -0.4 is 10.3 Å². The van der Waals surface area contributed by atoms with E-state index >= 15 is 0 Å². The van der Waals surface area contributed by atoms with Gasteiger partial charge in [-0.2, -0.15) is 13.2 Å². The van der Waals surface area contributed by atoms with E-state index in [1.165, 1.54) is 30.3 Å². The summed E-state index contributed by atoms with van der Waals surface area (Å²) in [5, 5.41) is 0. The highest BCUT2D eigenvalue weighted by molar-refractivity contribution is 7.91. The van der Waals surface area contributed by atoms with E-state index in [2.05, 4.69) is 4.98 Å².